The first-order valence-corrected chi connectivity index (χ1v) is 8.92. The Morgan fingerprint density at radius 1 is 1.19 bits per heavy atom. The fourth-order valence-electron chi connectivity index (χ4n) is 2.57. The first-order chi connectivity index (χ1) is 13.0. The van der Waals surface area contributed by atoms with Crippen LogP contribution in [0.4, 0.5) is 21.0 Å². The number of hydrogen-bond acceptors (Lipinski definition) is 7. The van der Waals surface area contributed by atoms with E-state index in [1.807, 2.05) is 6.92 Å². The highest BCUT2D eigenvalue weighted by molar-refractivity contribution is 5.97. The summed E-state index contributed by atoms with van der Waals surface area (Å²) in [6.07, 6.45) is -1.51. The highest BCUT2D eigenvalue weighted by Gasteiger charge is 2.20. The quantitative estimate of drug-likeness (QED) is 0.673. The van der Waals surface area contributed by atoms with Gasteiger partial charge in [0.2, 0.25) is 0 Å². The molecule has 1 unspecified atom stereocenters. The molecule has 27 heavy (non-hydrogen) atoms. The van der Waals surface area contributed by atoms with E-state index in [1.165, 1.54) is 0 Å². The number of ether oxygens (including phenoxy) is 3. The van der Waals surface area contributed by atoms with Crippen molar-refractivity contribution < 1.29 is 23.8 Å². The second-order valence-corrected chi connectivity index (χ2v) is 5.76. The monoisotopic (exact) mass is 378 g/mol. The van der Waals surface area contributed by atoms with Crippen LogP contribution < -0.4 is 20.7 Å². The largest absolute Gasteiger partial charge is 0.482 e. The van der Waals surface area contributed by atoms with E-state index in [2.05, 4.69) is 20.9 Å². The molecule has 1 heterocycles. The zero-order chi connectivity index (χ0) is 19.8. The van der Waals surface area contributed by atoms with Crippen molar-refractivity contribution in [3.05, 3.63) is 17.7 Å². The third-order valence-electron chi connectivity index (χ3n) is 3.82. The number of amides is 2. The Kier molecular flexibility index (Phi) is 7.27. The summed E-state index contributed by atoms with van der Waals surface area (Å²) in [5, 5.41) is 8.44. The van der Waals surface area contributed by atoms with Gasteiger partial charge in [-0.15, -0.1) is 0 Å². The third-order valence-corrected chi connectivity index (χ3v) is 3.82. The lowest BCUT2D eigenvalue weighted by molar-refractivity contribution is 0.166. The van der Waals surface area contributed by atoms with E-state index in [1.54, 1.807) is 32.9 Å². The molecular weight excluding hydrogens is 352 g/mol. The molecule has 0 aromatic heterocycles. The molecule has 0 fully saturated rings. The zero-order valence-electron chi connectivity index (χ0n) is 16.0. The maximum Gasteiger partial charge on any atom is 0.411 e. The summed E-state index contributed by atoms with van der Waals surface area (Å²) in [7, 11) is 0. The summed E-state index contributed by atoms with van der Waals surface area (Å²) in [6.45, 7) is 9.06. The smallest absolute Gasteiger partial charge is 0.411 e. The average Bonchev–Trinajstić information content (AvgIpc) is 3.15. The molecule has 1 atom stereocenters. The standard InChI is InChI=1S/C18H26N4O5/c1-5-25-17(23)21-13-7-8-14(27-12(4)16-19-9-10-20-16)11(3)15(13)22-18(24)26-6-2/h7-8,12H,5-6,9-10H2,1-4H3,(H,19,20)(H,21,23)(H,22,24). The van der Waals surface area contributed by atoms with Crippen LogP contribution in [0, 0.1) is 6.92 Å². The van der Waals surface area contributed by atoms with Crippen LogP contribution in [0.5, 0.6) is 5.75 Å². The number of benzene rings is 1. The second-order valence-electron chi connectivity index (χ2n) is 5.76. The number of nitrogens with one attached hydrogen (secondary N) is 3. The second kappa shape index (κ2) is 9.65. The topological polar surface area (TPSA) is 110 Å². The number of amidine groups is 1. The number of aliphatic imine (C=N–C) groups is 1. The van der Waals surface area contributed by atoms with Gasteiger partial charge in [0.1, 0.15) is 11.6 Å². The van der Waals surface area contributed by atoms with Gasteiger partial charge in [0.25, 0.3) is 0 Å². The van der Waals surface area contributed by atoms with Gasteiger partial charge in [-0.3, -0.25) is 15.6 Å². The van der Waals surface area contributed by atoms with Crippen LogP contribution >= 0.6 is 0 Å². The molecule has 0 radical (unpaired) electrons. The maximum absolute atomic E-state index is 11.9. The van der Waals surface area contributed by atoms with Crippen LogP contribution in [0.15, 0.2) is 17.1 Å². The van der Waals surface area contributed by atoms with Crippen LogP contribution in [0.3, 0.4) is 0 Å². The summed E-state index contributed by atoms with van der Waals surface area (Å²) in [5.41, 5.74) is 1.41. The van der Waals surface area contributed by atoms with E-state index >= 15 is 0 Å². The average molecular weight is 378 g/mol. The van der Waals surface area contributed by atoms with E-state index in [-0.39, 0.29) is 19.3 Å². The van der Waals surface area contributed by atoms with Crippen LogP contribution in [0.1, 0.15) is 26.3 Å². The highest BCUT2D eigenvalue weighted by atomic mass is 16.6. The summed E-state index contributed by atoms with van der Waals surface area (Å²) in [5.74, 6) is 1.34. The Bertz CT molecular complexity index is 720. The van der Waals surface area contributed by atoms with E-state index in [4.69, 9.17) is 14.2 Å². The minimum absolute atomic E-state index is 0.226. The van der Waals surface area contributed by atoms with Crippen LogP contribution in [-0.2, 0) is 9.47 Å². The van der Waals surface area contributed by atoms with Gasteiger partial charge < -0.3 is 19.5 Å². The highest BCUT2D eigenvalue weighted by Crippen LogP contribution is 2.34. The molecule has 0 saturated heterocycles. The lowest BCUT2D eigenvalue weighted by Crippen LogP contribution is -2.33. The molecule has 1 aromatic carbocycles. The molecule has 0 spiro atoms. The number of nitrogens with zero attached hydrogens (tertiary/aromatic N) is 1. The molecule has 1 aromatic rings. The van der Waals surface area contributed by atoms with Crippen molar-refractivity contribution in [2.75, 3.05) is 36.9 Å². The predicted molar refractivity (Wildman–Crippen MR) is 103 cm³/mol. The maximum atomic E-state index is 11.9. The SMILES string of the molecule is CCOC(=O)Nc1ccc(OC(C)C2=NCCN2)c(C)c1NC(=O)OCC. The van der Waals surface area contributed by atoms with Crippen molar-refractivity contribution in [3.8, 4) is 5.75 Å². The number of carbonyl (C=O) groups is 2. The van der Waals surface area contributed by atoms with Crippen molar-refractivity contribution in [3.63, 3.8) is 0 Å². The van der Waals surface area contributed by atoms with Crippen molar-refractivity contribution in [2.24, 2.45) is 4.99 Å². The van der Waals surface area contributed by atoms with Crippen LogP contribution in [0.25, 0.3) is 0 Å². The van der Waals surface area contributed by atoms with E-state index in [9.17, 15) is 9.59 Å². The molecule has 1 aliphatic heterocycles. The lowest BCUT2D eigenvalue weighted by Gasteiger charge is -2.20. The molecule has 148 valence electrons. The van der Waals surface area contributed by atoms with E-state index < -0.39 is 12.2 Å². The Morgan fingerprint density at radius 2 is 1.85 bits per heavy atom. The van der Waals surface area contributed by atoms with Gasteiger partial charge >= 0.3 is 12.2 Å². The number of carbonyl (C=O) groups excluding carboxylic acids is 2. The van der Waals surface area contributed by atoms with Crippen LogP contribution in [0.2, 0.25) is 0 Å². The predicted octanol–water partition coefficient (Wildman–Crippen LogP) is 2.90. The number of hydrogen-bond donors (Lipinski definition) is 3. The van der Waals surface area contributed by atoms with Crippen molar-refractivity contribution in [2.45, 2.75) is 33.8 Å². The lowest BCUT2D eigenvalue weighted by atomic mass is 10.1. The molecule has 2 amide bonds. The third kappa shape index (κ3) is 5.50. The molecule has 3 N–H and O–H groups in total. The molecule has 0 bridgehead atoms. The fraction of sp³-hybridized carbons (Fsp3) is 0.500. The minimum Gasteiger partial charge on any atom is -0.482 e. The van der Waals surface area contributed by atoms with Gasteiger partial charge in [-0.2, -0.15) is 0 Å². The van der Waals surface area contributed by atoms with Gasteiger partial charge in [-0.1, -0.05) is 0 Å². The zero-order valence-corrected chi connectivity index (χ0v) is 16.0. The Labute approximate surface area is 158 Å². The van der Waals surface area contributed by atoms with Crippen LogP contribution in [-0.4, -0.2) is 50.4 Å². The van der Waals surface area contributed by atoms with Gasteiger partial charge in [-0.25, -0.2) is 9.59 Å². The molecule has 9 heteroatoms. The summed E-state index contributed by atoms with van der Waals surface area (Å²) in [4.78, 5) is 28.1. The van der Waals surface area contributed by atoms with Crippen molar-refractivity contribution in [1.82, 2.24) is 5.32 Å². The van der Waals surface area contributed by atoms with Gasteiger partial charge in [0.05, 0.1) is 31.1 Å². The normalized spacial score (nSPS) is 13.9. The van der Waals surface area contributed by atoms with E-state index in [0.29, 0.717) is 22.7 Å². The molecular formula is C18H26N4O5. The fourth-order valence-corrected chi connectivity index (χ4v) is 2.57. The molecule has 2 rings (SSSR count). The van der Waals surface area contributed by atoms with E-state index in [0.717, 1.165) is 18.9 Å². The molecule has 0 saturated carbocycles. The Morgan fingerprint density at radius 3 is 2.44 bits per heavy atom. The minimum atomic E-state index is -0.625. The number of rotatable bonds is 7. The molecule has 9 nitrogen and oxygen atoms in total. The summed E-state index contributed by atoms with van der Waals surface area (Å²) >= 11 is 0. The van der Waals surface area contributed by atoms with Crippen molar-refractivity contribution in [1.29, 1.82) is 0 Å². The van der Waals surface area contributed by atoms with Gasteiger partial charge in [0.15, 0.2) is 6.10 Å². The molecule has 1 aliphatic rings. The number of anilines is 2. The Hall–Kier alpha value is -2.97. The first-order valence-electron chi connectivity index (χ1n) is 8.92. The Balaban J connectivity index is 2.27. The van der Waals surface area contributed by atoms with Gasteiger partial charge in [-0.05, 0) is 39.8 Å². The summed E-state index contributed by atoms with van der Waals surface area (Å²) in [6, 6.07) is 3.36. The summed E-state index contributed by atoms with van der Waals surface area (Å²) < 4.78 is 15.8. The molecule has 0 aliphatic carbocycles. The van der Waals surface area contributed by atoms with Crippen molar-refractivity contribution >= 4 is 29.4 Å². The van der Waals surface area contributed by atoms with Gasteiger partial charge in [0, 0.05) is 12.1 Å². The first kappa shape index (κ1) is 20.3.